The van der Waals surface area contributed by atoms with Gasteiger partial charge in [0.2, 0.25) is 0 Å². The fraction of sp³-hybridized carbons (Fsp3) is 0.167. The van der Waals surface area contributed by atoms with E-state index in [0.29, 0.717) is 23.9 Å². The second-order valence-corrected chi connectivity index (χ2v) is 5.96. The second kappa shape index (κ2) is 6.34. The Kier molecular flexibility index (Phi) is 4.33. The van der Waals surface area contributed by atoms with Gasteiger partial charge in [0.05, 0.1) is 17.7 Å². The zero-order chi connectivity index (χ0) is 19.2. The van der Waals surface area contributed by atoms with Crippen LogP contribution in [-0.2, 0) is 0 Å². The molecule has 0 saturated carbocycles. The molecule has 2 aromatic carbocycles. The van der Waals surface area contributed by atoms with Gasteiger partial charge in [-0.2, -0.15) is 0 Å². The van der Waals surface area contributed by atoms with Gasteiger partial charge in [-0.15, -0.1) is 0 Å². The molecule has 0 bridgehead atoms. The van der Waals surface area contributed by atoms with E-state index >= 15 is 0 Å². The summed E-state index contributed by atoms with van der Waals surface area (Å²) in [6.07, 6.45) is 0.817. The molecular formula is C18H13ClO7. The molecule has 26 heavy (non-hydrogen) atoms. The molecule has 0 saturated heterocycles. The van der Waals surface area contributed by atoms with Crippen LogP contribution < -0.4 is 14.2 Å². The maximum Gasteiger partial charge on any atom is 0.347 e. The van der Waals surface area contributed by atoms with E-state index in [2.05, 4.69) is 0 Å². The lowest BCUT2D eigenvalue weighted by Crippen LogP contribution is -2.11. The van der Waals surface area contributed by atoms with Gasteiger partial charge in [0.15, 0.2) is 29.8 Å². The van der Waals surface area contributed by atoms with Gasteiger partial charge in [-0.25, -0.2) is 4.79 Å². The molecule has 1 N–H and O–H groups in total. The van der Waals surface area contributed by atoms with Crippen molar-refractivity contribution in [2.45, 2.75) is 13.8 Å². The van der Waals surface area contributed by atoms with Crippen LogP contribution in [0, 0.1) is 13.8 Å². The maximum absolute atomic E-state index is 12.7. The molecule has 8 heteroatoms. The lowest BCUT2D eigenvalue weighted by molar-refractivity contribution is 0.0734. The third kappa shape index (κ3) is 2.40. The maximum atomic E-state index is 12.7. The van der Waals surface area contributed by atoms with Crippen molar-refractivity contribution in [1.82, 2.24) is 0 Å². The number of benzene rings is 2. The van der Waals surface area contributed by atoms with Crippen LogP contribution in [0.15, 0.2) is 6.07 Å². The van der Waals surface area contributed by atoms with E-state index in [4.69, 9.17) is 25.8 Å². The van der Waals surface area contributed by atoms with Crippen LogP contribution >= 0.6 is 11.6 Å². The van der Waals surface area contributed by atoms with Gasteiger partial charge in [0.25, 0.3) is 0 Å². The normalized spacial score (nSPS) is 12.2. The Hall–Kier alpha value is -3.06. The summed E-state index contributed by atoms with van der Waals surface area (Å²) in [6, 6.07) is 1.42. The summed E-state index contributed by atoms with van der Waals surface area (Å²) in [5.74, 6) is -1.34. The third-order valence-electron chi connectivity index (χ3n) is 4.17. The number of halogens is 1. The molecule has 0 spiro atoms. The SMILES string of the molecule is COc1cc(C=O)c2c(c1C)OC(=O)c1c(C)c(Cl)c(O)c(C=O)c1O2. The van der Waals surface area contributed by atoms with Gasteiger partial charge < -0.3 is 19.3 Å². The Morgan fingerprint density at radius 2 is 1.77 bits per heavy atom. The van der Waals surface area contributed by atoms with E-state index < -0.39 is 11.7 Å². The van der Waals surface area contributed by atoms with Gasteiger partial charge in [-0.3, -0.25) is 9.59 Å². The number of phenols is 1. The van der Waals surface area contributed by atoms with Crippen molar-refractivity contribution in [2.24, 2.45) is 0 Å². The van der Waals surface area contributed by atoms with Crippen molar-refractivity contribution in [2.75, 3.05) is 7.11 Å². The molecule has 0 unspecified atom stereocenters. The van der Waals surface area contributed by atoms with Crippen LogP contribution in [0.4, 0.5) is 0 Å². The van der Waals surface area contributed by atoms with Crippen molar-refractivity contribution in [3.8, 4) is 28.7 Å². The van der Waals surface area contributed by atoms with Crippen LogP contribution in [-0.4, -0.2) is 30.8 Å². The lowest BCUT2D eigenvalue weighted by atomic mass is 10.0. The Balaban J connectivity index is 2.41. The summed E-state index contributed by atoms with van der Waals surface area (Å²) in [5.41, 5.74) is 0.230. The number of methoxy groups -OCH3 is 1. The summed E-state index contributed by atoms with van der Waals surface area (Å²) >= 11 is 6.02. The smallest absolute Gasteiger partial charge is 0.347 e. The van der Waals surface area contributed by atoms with E-state index in [9.17, 15) is 19.5 Å². The van der Waals surface area contributed by atoms with Crippen molar-refractivity contribution in [1.29, 1.82) is 0 Å². The number of fused-ring (bicyclic) bond motifs is 2. The predicted molar refractivity (Wildman–Crippen MR) is 91.4 cm³/mol. The average Bonchev–Trinajstić information content (AvgIpc) is 2.78. The fourth-order valence-electron chi connectivity index (χ4n) is 2.78. The highest BCUT2D eigenvalue weighted by Crippen LogP contribution is 2.49. The molecule has 0 fully saturated rings. The highest BCUT2D eigenvalue weighted by molar-refractivity contribution is 6.34. The number of rotatable bonds is 3. The van der Waals surface area contributed by atoms with Crippen molar-refractivity contribution in [3.63, 3.8) is 0 Å². The molecule has 0 aromatic heterocycles. The van der Waals surface area contributed by atoms with E-state index in [-0.39, 0.29) is 44.5 Å². The number of esters is 1. The first-order chi connectivity index (χ1) is 12.3. The number of ether oxygens (including phenoxy) is 3. The van der Waals surface area contributed by atoms with E-state index in [0.717, 1.165) is 0 Å². The van der Waals surface area contributed by atoms with Crippen LogP contribution in [0.2, 0.25) is 5.02 Å². The summed E-state index contributed by atoms with van der Waals surface area (Å²) < 4.78 is 16.3. The number of phenolic OH excluding ortho intramolecular Hbond substituents is 1. The molecule has 0 amide bonds. The Morgan fingerprint density at radius 1 is 1.08 bits per heavy atom. The van der Waals surface area contributed by atoms with Gasteiger partial charge in [-0.05, 0) is 25.5 Å². The Labute approximate surface area is 153 Å². The molecular weight excluding hydrogens is 364 g/mol. The highest BCUT2D eigenvalue weighted by Gasteiger charge is 2.34. The minimum Gasteiger partial charge on any atom is -0.505 e. The first kappa shape index (κ1) is 17.8. The molecule has 1 heterocycles. The first-order valence-electron chi connectivity index (χ1n) is 7.42. The minimum absolute atomic E-state index is 0.0143. The van der Waals surface area contributed by atoms with E-state index in [1.54, 1.807) is 6.92 Å². The third-order valence-corrected chi connectivity index (χ3v) is 4.63. The number of hydrogen-bond acceptors (Lipinski definition) is 7. The molecule has 134 valence electrons. The Bertz CT molecular complexity index is 979. The first-order valence-corrected chi connectivity index (χ1v) is 7.80. The van der Waals surface area contributed by atoms with Gasteiger partial charge in [0.1, 0.15) is 22.6 Å². The molecule has 1 aliphatic rings. The molecule has 3 rings (SSSR count). The molecule has 0 radical (unpaired) electrons. The lowest BCUT2D eigenvalue weighted by Gasteiger charge is -2.16. The number of carbonyl (C=O) groups is 3. The highest BCUT2D eigenvalue weighted by atomic mass is 35.5. The minimum atomic E-state index is -0.838. The van der Waals surface area contributed by atoms with E-state index in [1.165, 1.54) is 20.1 Å². The number of aromatic hydroxyl groups is 1. The van der Waals surface area contributed by atoms with Crippen molar-refractivity contribution in [3.05, 3.63) is 38.9 Å². The number of aldehydes is 2. The Morgan fingerprint density at radius 3 is 2.35 bits per heavy atom. The largest absolute Gasteiger partial charge is 0.505 e. The molecule has 7 nitrogen and oxygen atoms in total. The van der Waals surface area contributed by atoms with Gasteiger partial charge in [-0.1, -0.05) is 11.6 Å². The van der Waals surface area contributed by atoms with Gasteiger partial charge >= 0.3 is 5.97 Å². The monoisotopic (exact) mass is 376 g/mol. The standard InChI is InChI=1S/C18H13ClO7/c1-7-11(24-3)4-9(5-20)16-15(7)26-18(23)12-8(2)13(19)14(22)10(6-21)17(12)25-16/h4-6,22H,1-3H3. The quantitative estimate of drug-likeness (QED) is 0.496. The zero-order valence-corrected chi connectivity index (χ0v) is 14.8. The van der Waals surface area contributed by atoms with Gasteiger partial charge in [0, 0.05) is 5.56 Å². The van der Waals surface area contributed by atoms with Crippen molar-refractivity contribution >= 4 is 30.1 Å². The fourth-order valence-corrected chi connectivity index (χ4v) is 2.98. The van der Waals surface area contributed by atoms with Crippen LogP contribution in [0.25, 0.3) is 0 Å². The summed E-state index contributed by atoms with van der Waals surface area (Å²) in [5, 5.41) is 9.97. The van der Waals surface area contributed by atoms with Crippen LogP contribution in [0.5, 0.6) is 28.7 Å². The second-order valence-electron chi connectivity index (χ2n) is 5.58. The van der Waals surface area contributed by atoms with E-state index in [1.807, 2.05) is 0 Å². The molecule has 0 atom stereocenters. The molecule has 0 aliphatic carbocycles. The molecule has 2 aromatic rings. The zero-order valence-electron chi connectivity index (χ0n) is 14.0. The average molecular weight is 377 g/mol. The predicted octanol–water partition coefficient (Wildman–Crippen LogP) is 3.62. The number of hydrogen-bond donors (Lipinski definition) is 1. The van der Waals surface area contributed by atoms with Crippen LogP contribution in [0.1, 0.15) is 42.2 Å². The summed E-state index contributed by atoms with van der Waals surface area (Å²) in [6.45, 7) is 3.10. The van der Waals surface area contributed by atoms with Crippen LogP contribution in [0.3, 0.4) is 0 Å². The number of carbonyl (C=O) groups excluding carboxylic acids is 3. The van der Waals surface area contributed by atoms with Crippen molar-refractivity contribution < 1.29 is 33.7 Å². The summed E-state index contributed by atoms with van der Waals surface area (Å²) in [7, 11) is 1.41. The topological polar surface area (TPSA) is 99.1 Å². The molecule has 1 aliphatic heterocycles. The summed E-state index contributed by atoms with van der Waals surface area (Å²) in [4.78, 5) is 35.6.